The molecule has 13 heteroatoms. The van der Waals surface area contributed by atoms with Crippen LogP contribution in [0, 0.1) is 11.8 Å². The molecule has 2 aliphatic rings. The summed E-state index contributed by atoms with van der Waals surface area (Å²) in [4.78, 5) is 35.0. The van der Waals surface area contributed by atoms with Crippen molar-refractivity contribution in [1.82, 2.24) is 19.4 Å². The van der Waals surface area contributed by atoms with E-state index in [-0.39, 0.29) is 59.4 Å². The number of nitrogens with zero attached hydrogens (tertiary/aromatic N) is 4. The van der Waals surface area contributed by atoms with E-state index < -0.39 is 22.0 Å². The summed E-state index contributed by atoms with van der Waals surface area (Å²) in [7, 11) is -0.500. The molecule has 1 aliphatic carbocycles. The third kappa shape index (κ3) is 9.22. The molecule has 1 aromatic carbocycles. The van der Waals surface area contributed by atoms with Gasteiger partial charge in [-0.1, -0.05) is 26.2 Å². The van der Waals surface area contributed by atoms with E-state index in [1.807, 2.05) is 20.9 Å². The third-order valence-electron chi connectivity index (χ3n) is 9.04. The average Bonchev–Trinajstić information content (AvgIpc) is 3.49. The molecule has 4 atom stereocenters. The fourth-order valence-electron chi connectivity index (χ4n) is 6.20. The summed E-state index contributed by atoms with van der Waals surface area (Å²) < 4.78 is 42.8. The van der Waals surface area contributed by atoms with Gasteiger partial charge in [0.2, 0.25) is 5.91 Å². The summed E-state index contributed by atoms with van der Waals surface area (Å²) >= 11 is 0. The van der Waals surface area contributed by atoms with Gasteiger partial charge in [-0.2, -0.15) is 8.42 Å². The van der Waals surface area contributed by atoms with Crippen molar-refractivity contribution in [2.45, 2.75) is 95.4 Å². The van der Waals surface area contributed by atoms with Crippen molar-refractivity contribution in [3.05, 3.63) is 36.3 Å². The SMILES string of the molecule is C[C@@H]1CCCCO[C@H](CN(C)C(=O)C2CCCCC2)[C@H](C)CN([C@H](C)CO)C(=O)c2cc(NS(=O)(=O)c3cn(C)cn3)ccc2O1. The number of rotatable bonds is 8. The highest BCUT2D eigenvalue weighted by molar-refractivity contribution is 7.92. The van der Waals surface area contributed by atoms with Gasteiger partial charge in [-0.25, -0.2) is 4.98 Å². The number of ether oxygens (including phenoxy) is 2. The molecule has 0 unspecified atom stereocenters. The molecule has 1 aliphatic heterocycles. The molecule has 2 N–H and O–H groups in total. The van der Waals surface area contributed by atoms with Crippen molar-refractivity contribution in [1.29, 1.82) is 0 Å². The monoisotopic (exact) mass is 661 g/mol. The maximum absolute atomic E-state index is 14.3. The minimum absolute atomic E-state index is 0.0438. The second kappa shape index (κ2) is 16.1. The topological polar surface area (TPSA) is 143 Å². The van der Waals surface area contributed by atoms with Gasteiger partial charge in [-0.3, -0.25) is 14.3 Å². The Bertz CT molecular complexity index is 1430. The second-order valence-corrected chi connectivity index (χ2v) is 14.7. The van der Waals surface area contributed by atoms with Crippen LogP contribution in [0.25, 0.3) is 0 Å². The van der Waals surface area contributed by atoms with Crippen LogP contribution in [0.2, 0.25) is 0 Å². The smallest absolute Gasteiger partial charge is 0.280 e. The minimum Gasteiger partial charge on any atom is -0.490 e. The lowest BCUT2D eigenvalue weighted by molar-refractivity contribution is -0.137. The number of amides is 2. The van der Waals surface area contributed by atoms with Crippen LogP contribution in [0.3, 0.4) is 0 Å². The van der Waals surface area contributed by atoms with E-state index in [1.54, 1.807) is 35.9 Å². The van der Waals surface area contributed by atoms with Gasteiger partial charge in [-0.15, -0.1) is 0 Å². The Morgan fingerprint density at radius 2 is 1.87 bits per heavy atom. The molecular formula is C33H51N5O7S. The average molecular weight is 662 g/mol. The summed E-state index contributed by atoms with van der Waals surface area (Å²) in [6, 6.07) is 4.09. The van der Waals surface area contributed by atoms with Crippen molar-refractivity contribution in [2.24, 2.45) is 18.9 Å². The van der Waals surface area contributed by atoms with Gasteiger partial charge in [0.15, 0.2) is 5.03 Å². The molecule has 4 rings (SSSR count). The van der Waals surface area contributed by atoms with Crippen LogP contribution in [-0.4, -0.2) is 96.3 Å². The van der Waals surface area contributed by atoms with Crippen molar-refractivity contribution in [2.75, 3.05) is 38.1 Å². The lowest BCUT2D eigenvalue weighted by atomic mass is 9.88. The van der Waals surface area contributed by atoms with E-state index >= 15 is 0 Å². The number of hydrogen-bond acceptors (Lipinski definition) is 8. The number of carbonyl (C=O) groups excluding carboxylic acids is 2. The van der Waals surface area contributed by atoms with Crippen LogP contribution >= 0.6 is 0 Å². The largest absolute Gasteiger partial charge is 0.490 e. The number of fused-ring (bicyclic) bond motifs is 1. The predicted octanol–water partition coefficient (Wildman–Crippen LogP) is 4.06. The molecule has 12 nitrogen and oxygen atoms in total. The van der Waals surface area contributed by atoms with Crippen LogP contribution in [-0.2, 0) is 26.6 Å². The second-order valence-electron chi connectivity index (χ2n) is 13.0. The first kappa shape index (κ1) is 35.7. The van der Waals surface area contributed by atoms with Gasteiger partial charge in [0, 0.05) is 57.5 Å². The molecule has 46 heavy (non-hydrogen) atoms. The minimum atomic E-state index is -4.01. The van der Waals surface area contributed by atoms with Gasteiger partial charge in [0.25, 0.3) is 15.9 Å². The number of imidazole rings is 1. The summed E-state index contributed by atoms with van der Waals surface area (Å²) in [5.41, 5.74) is 0.364. The number of nitrogens with one attached hydrogen (secondary N) is 1. The Morgan fingerprint density at radius 3 is 2.54 bits per heavy atom. The van der Waals surface area contributed by atoms with Crippen LogP contribution in [0.5, 0.6) is 5.75 Å². The molecule has 1 aromatic heterocycles. The molecule has 0 spiro atoms. The first-order valence-electron chi connectivity index (χ1n) is 16.5. The zero-order chi connectivity index (χ0) is 33.4. The molecule has 0 saturated heterocycles. The summed E-state index contributed by atoms with van der Waals surface area (Å²) in [5, 5.41) is 10.1. The Kier molecular flexibility index (Phi) is 12.5. The van der Waals surface area contributed by atoms with Gasteiger partial charge >= 0.3 is 0 Å². The third-order valence-corrected chi connectivity index (χ3v) is 10.3. The molecular weight excluding hydrogens is 610 g/mol. The van der Waals surface area contributed by atoms with Gasteiger partial charge < -0.3 is 28.9 Å². The van der Waals surface area contributed by atoms with E-state index in [0.29, 0.717) is 18.9 Å². The Hall–Kier alpha value is -3.16. The molecule has 2 heterocycles. The van der Waals surface area contributed by atoms with Gasteiger partial charge in [0.05, 0.1) is 36.7 Å². The Morgan fingerprint density at radius 1 is 1.15 bits per heavy atom. The predicted molar refractivity (Wildman–Crippen MR) is 175 cm³/mol. The number of aliphatic hydroxyl groups excluding tert-OH is 1. The van der Waals surface area contributed by atoms with E-state index in [2.05, 4.69) is 9.71 Å². The first-order valence-corrected chi connectivity index (χ1v) is 18.0. The van der Waals surface area contributed by atoms with Crippen molar-refractivity contribution in [3.63, 3.8) is 0 Å². The molecule has 256 valence electrons. The van der Waals surface area contributed by atoms with E-state index in [1.165, 1.54) is 29.6 Å². The number of aliphatic hydroxyl groups is 1. The highest BCUT2D eigenvalue weighted by Gasteiger charge is 2.32. The number of hydrogen-bond donors (Lipinski definition) is 2. The van der Waals surface area contributed by atoms with Crippen LogP contribution < -0.4 is 9.46 Å². The number of anilines is 1. The number of carbonyl (C=O) groups is 2. The van der Waals surface area contributed by atoms with Gasteiger partial charge in [-0.05, 0) is 64.2 Å². The lowest BCUT2D eigenvalue weighted by Crippen LogP contribution is -2.48. The fraction of sp³-hybridized carbons (Fsp3) is 0.667. The van der Waals surface area contributed by atoms with Crippen molar-refractivity contribution >= 4 is 27.5 Å². The van der Waals surface area contributed by atoms with E-state index in [0.717, 1.165) is 44.9 Å². The molecule has 0 bridgehead atoms. The number of sulfonamides is 1. The lowest BCUT2D eigenvalue weighted by Gasteiger charge is -2.36. The standard InChI is InChI=1S/C33H51N5O7S/c1-23-18-38(24(2)21-39)33(41)28-17-27(35-46(42,43)31-20-36(4)22-34-31)14-15-29(28)45-25(3)11-9-10-16-44-30(23)19-37(5)32(40)26-12-7-6-8-13-26/h14-15,17,20,22-26,30,35,39H,6-13,16,18-19,21H2,1-5H3/t23-,24-,25-,30-/m1/s1. The Labute approximate surface area is 273 Å². The number of benzene rings is 1. The number of aromatic nitrogens is 2. The highest BCUT2D eigenvalue weighted by Crippen LogP contribution is 2.30. The van der Waals surface area contributed by atoms with E-state index in [4.69, 9.17) is 9.47 Å². The summed E-state index contributed by atoms with van der Waals surface area (Å²) in [5.74, 6) is -0.0632. The fourth-order valence-corrected chi connectivity index (χ4v) is 7.24. The van der Waals surface area contributed by atoms with Crippen LogP contribution in [0.15, 0.2) is 35.7 Å². The quantitative estimate of drug-likeness (QED) is 0.432. The maximum atomic E-state index is 14.3. The zero-order valence-corrected chi connectivity index (χ0v) is 28.7. The first-order chi connectivity index (χ1) is 21.9. The normalized spacial score (nSPS) is 23.1. The molecule has 0 radical (unpaired) electrons. The summed E-state index contributed by atoms with van der Waals surface area (Å²) in [6.07, 6.45) is 9.78. The molecule has 1 fully saturated rings. The van der Waals surface area contributed by atoms with Crippen LogP contribution in [0.1, 0.15) is 82.5 Å². The molecule has 1 saturated carbocycles. The van der Waals surface area contributed by atoms with Crippen molar-refractivity contribution in [3.8, 4) is 5.75 Å². The maximum Gasteiger partial charge on any atom is 0.280 e. The highest BCUT2D eigenvalue weighted by atomic mass is 32.2. The van der Waals surface area contributed by atoms with E-state index in [9.17, 15) is 23.1 Å². The number of likely N-dealkylation sites (N-methyl/N-ethyl adjacent to an activating group) is 1. The van der Waals surface area contributed by atoms with Gasteiger partial charge in [0.1, 0.15) is 5.75 Å². The molecule has 2 aromatic rings. The zero-order valence-electron chi connectivity index (χ0n) is 27.9. The Balaban J connectivity index is 1.63. The van der Waals surface area contributed by atoms with Crippen LogP contribution in [0.4, 0.5) is 5.69 Å². The van der Waals surface area contributed by atoms with Crippen molar-refractivity contribution < 1.29 is 32.6 Å². The number of aryl methyl sites for hydroxylation is 1. The molecule has 2 amide bonds. The summed E-state index contributed by atoms with van der Waals surface area (Å²) in [6.45, 7) is 6.59.